The zero-order chi connectivity index (χ0) is 10.8. The van der Waals surface area contributed by atoms with Crippen molar-refractivity contribution in [2.45, 2.75) is 39.5 Å². The summed E-state index contributed by atoms with van der Waals surface area (Å²) in [6, 6.07) is 8.70. The van der Waals surface area contributed by atoms with E-state index in [2.05, 4.69) is 58.5 Å². The fourth-order valence-corrected chi connectivity index (χ4v) is 1.41. The van der Waals surface area contributed by atoms with E-state index in [-0.39, 0.29) is 5.41 Å². The van der Waals surface area contributed by atoms with E-state index in [9.17, 15) is 0 Å². The third kappa shape index (κ3) is 2.25. The van der Waals surface area contributed by atoms with Crippen LogP contribution in [0.15, 0.2) is 30.8 Å². The highest BCUT2D eigenvalue weighted by Crippen LogP contribution is 2.28. The summed E-state index contributed by atoms with van der Waals surface area (Å²) < 4.78 is 0. The maximum atomic E-state index is 3.97. The van der Waals surface area contributed by atoms with Crippen LogP contribution >= 0.6 is 0 Å². The predicted molar refractivity (Wildman–Crippen MR) is 64.5 cm³/mol. The molecule has 14 heavy (non-hydrogen) atoms. The molecule has 1 rings (SSSR count). The first-order chi connectivity index (χ1) is 6.47. The molecule has 0 heteroatoms. The molecule has 0 bridgehead atoms. The largest absolute Gasteiger partial charge is 0.0955 e. The Balaban J connectivity index is 3.12. The van der Waals surface area contributed by atoms with E-state index in [0.29, 0.717) is 0 Å². The van der Waals surface area contributed by atoms with E-state index in [0.717, 1.165) is 12.0 Å². The second-order valence-electron chi connectivity index (χ2n) is 4.60. The van der Waals surface area contributed by atoms with Crippen molar-refractivity contribution < 1.29 is 0 Å². The lowest BCUT2D eigenvalue weighted by Gasteiger charge is -2.23. The molecule has 0 aliphatic heterocycles. The predicted octanol–water partition coefficient (Wildman–Crippen LogP) is 4.41. The molecular formula is C14H20. The number of hydrogen-bond acceptors (Lipinski definition) is 0. The average Bonchev–Trinajstić information content (AvgIpc) is 2.18. The molecule has 0 saturated carbocycles. The van der Waals surface area contributed by atoms with Crippen LogP contribution in [-0.4, -0.2) is 0 Å². The smallest absolute Gasteiger partial charge is 0.0106 e. The Bertz CT molecular complexity index is 332. The summed E-state index contributed by atoms with van der Waals surface area (Å²) in [6.45, 7) is 12.8. The van der Waals surface area contributed by atoms with Gasteiger partial charge in [-0.15, -0.1) is 0 Å². The zero-order valence-corrected chi connectivity index (χ0v) is 9.72. The molecule has 76 valence electrons. The van der Waals surface area contributed by atoms with Crippen LogP contribution in [0.1, 0.15) is 45.2 Å². The van der Waals surface area contributed by atoms with Gasteiger partial charge in [0.2, 0.25) is 0 Å². The van der Waals surface area contributed by atoms with Crippen LogP contribution in [-0.2, 0) is 5.41 Å². The van der Waals surface area contributed by atoms with Crippen molar-refractivity contribution >= 4 is 5.57 Å². The fourth-order valence-electron chi connectivity index (χ4n) is 1.41. The second kappa shape index (κ2) is 4.00. The fraction of sp³-hybridized carbons (Fsp3) is 0.429. The lowest BCUT2D eigenvalue weighted by Crippen LogP contribution is -2.15. The van der Waals surface area contributed by atoms with E-state index in [4.69, 9.17) is 0 Å². The Hall–Kier alpha value is -1.04. The Morgan fingerprint density at radius 1 is 1.36 bits per heavy atom. The third-order valence-electron chi connectivity index (χ3n) is 3.02. The van der Waals surface area contributed by atoms with Crippen LogP contribution in [0.5, 0.6) is 0 Å². The van der Waals surface area contributed by atoms with E-state index in [1.165, 1.54) is 11.1 Å². The first-order valence-electron chi connectivity index (χ1n) is 5.24. The van der Waals surface area contributed by atoms with Crippen LogP contribution in [0.4, 0.5) is 0 Å². The van der Waals surface area contributed by atoms with Crippen molar-refractivity contribution in [1.82, 2.24) is 0 Å². The van der Waals surface area contributed by atoms with Gasteiger partial charge >= 0.3 is 0 Å². The summed E-state index contributed by atoms with van der Waals surface area (Å²) in [4.78, 5) is 0. The van der Waals surface area contributed by atoms with Gasteiger partial charge in [-0.25, -0.2) is 0 Å². The number of hydrogen-bond donors (Lipinski definition) is 0. The highest BCUT2D eigenvalue weighted by atomic mass is 14.2. The monoisotopic (exact) mass is 188 g/mol. The topological polar surface area (TPSA) is 0 Å². The van der Waals surface area contributed by atoms with Gasteiger partial charge in [0.25, 0.3) is 0 Å². The van der Waals surface area contributed by atoms with Crippen LogP contribution in [0.3, 0.4) is 0 Å². The first kappa shape index (κ1) is 11.0. The Labute approximate surface area is 87.7 Å². The molecule has 0 aliphatic carbocycles. The van der Waals surface area contributed by atoms with Crippen LogP contribution in [0, 0.1) is 0 Å². The highest BCUT2D eigenvalue weighted by molar-refractivity contribution is 5.62. The van der Waals surface area contributed by atoms with E-state index in [1.54, 1.807) is 0 Å². The van der Waals surface area contributed by atoms with Crippen LogP contribution in [0.2, 0.25) is 0 Å². The quantitative estimate of drug-likeness (QED) is 0.659. The van der Waals surface area contributed by atoms with Gasteiger partial charge in [-0.1, -0.05) is 57.2 Å². The SMILES string of the molecule is C=C(C)c1cccc(C(C)(C)CC)c1. The summed E-state index contributed by atoms with van der Waals surface area (Å²) in [7, 11) is 0. The standard InChI is InChI=1S/C14H20/c1-6-14(4,5)13-9-7-8-12(10-13)11(2)3/h7-10H,2,6H2,1,3-5H3. The number of rotatable bonds is 3. The van der Waals surface area contributed by atoms with E-state index in [1.807, 2.05) is 0 Å². The second-order valence-corrected chi connectivity index (χ2v) is 4.60. The minimum atomic E-state index is 0.269. The van der Waals surface area contributed by atoms with Gasteiger partial charge in [-0.3, -0.25) is 0 Å². The van der Waals surface area contributed by atoms with Gasteiger partial charge < -0.3 is 0 Å². The molecule has 1 aromatic carbocycles. The van der Waals surface area contributed by atoms with Crippen molar-refractivity contribution in [3.8, 4) is 0 Å². The third-order valence-corrected chi connectivity index (χ3v) is 3.02. The maximum absolute atomic E-state index is 3.97. The zero-order valence-electron chi connectivity index (χ0n) is 9.72. The molecule has 0 atom stereocenters. The van der Waals surface area contributed by atoms with E-state index >= 15 is 0 Å². The first-order valence-corrected chi connectivity index (χ1v) is 5.24. The van der Waals surface area contributed by atoms with Gasteiger partial charge in [-0.2, -0.15) is 0 Å². The summed E-state index contributed by atoms with van der Waals surface area (Å²) in [6.07, 6.45) is 1.16. The van der Waals surface area contributed by atoms with Gasteiger partial charge in [0.1, 0.15) is 0 Å². The van der Waals surface area contributed by atoms with Gasteiger partial charge in [0.05, 0.1) is 0 Å². The van der Waals surface area contributed by atoms with E-state index < -0.39 is 0 Å². The normalized spacial score (nSPS) is 11.4. The molecule has 0 aromatic heterocycles. The highest BCUT2D eigenvalue weighted by Gasteiger charge is 2.17. The molecule has 0 fully saturated rings. The molecule has 0 N–H and O–H groups in total. The summed E-state index contributed by atoms with van der Waals surface area (Å²) in [5, 5.41) is 0. The van der Waals surface area contributed by atoms with Gasteiger partial charge in [0, 0.05) is 0 Å². The summed E-state index contributed by atoms with van der Waals surface area (Å²) >= 11 is 0. The molecule has 0 amide bonds. The Morgan fingerprint density at radius 2 is 2.00 bits per heavy atom. The minimum absolute atomic E-state index is 0.269. The summed E-state index contributed by atoms with van der Waals surface area (Å²) in [5.41, 5.74) is 4.06. The molecule has 0 radical (unpaired) electrons. The minimum Gasteiger partial charge on any atom is -0.0955 e. The van der Waals surface area contributed by atoms with Crippen molar-refractivity contribution in [3.05, 3.63) is 42.0 Å². The maximum Gasteiger partial charge on any atom is -0.0106 e. The van der Waals surface area contributed by atoms with Gasteiger partial charge in [-0.05, 0) is 29.9 Å². The molecule has 0 spiro atoms. The molecule has 1 aromatic rings. The number of benzene rings is 1. The average molecular weight is 188 g/mol. The van der Waals surface area contributed by atoms with Crippen LogP contribution < -0.4 is 0 Å². The Morgan fingerprint density at radius 3 is 2.50 bits per heavy atom. The van der Waals surface area contributed by atoms with Crippen molar-refractivity contribution in [3.63, 3.8) is 0 Å². The van der Waals surface area contributed by atoms with Crippen LogP contribution in [0.25, 0.3) is 5.57 Å². The molecule has 0 heterocycles. The summed E-state index contributed by atoms with van der Waals surface area (Å²) in [5.74, 6) is 0. The molecule has 0 aliphatic rings. The lowest BCUT2D eigenvalue weighted by molar-refractivity contribution is 0.506. The van der Waals surface area contributed by atoms with Gasteiger partial charge in [0.15, 0.2) is 0 Å². The molecule has 0 saturated heterocycles. The molecule has 0 unspecified atom stereocenters. The molecule has 0 nitrogen and oxygen atoms in total. The van der Waals surface area contributed by atoms with Crippen molar-refractivity contribution in [2.24, 2.45) is 0 Å². The van der Waals surface area contributed by atoms with Crippen molar-refractivity contribution in [2.75, 3.05) is 0 Å². The molecular weight excluding hydrogens is 168 g/mol. The lowest BCUT2D eigenvalue weighted by atomic mass is 9.81. The number of allylic oxidation sites excluding steroid dienone is 1. The van der Waals surface area contributed by atoms with Crippen molar-refractivity contribution in [1.29, 1.82) is 0 Å². The Kier molecular flexibility index (Phi) is 3.15.